The van der Waals surface area contributed by atoms with Crippen LogP contribution in [0.3, 0.4) is 0 Å². The van der Waals surface area contributed by atoms with Crippen molar-refractivity contribution in [2.24, 2.45) is 5.92 Å². The van der Waals surface area contributed by atoms with Crippen molar-refractivity contribution in [1.82, 2.24) is 5.32 Å². The van der Waals surface area contributed by atoms with E-state index < -0.39 is 0 Å². The largest absolute Gasteiger partial charge is 0.350 e. The van der Waals surface area contributed by atoms with E-state index >= 15 is 0 Å². The lowest BCUT2D eigenvalue weighted by atomic mass is 9.73. The highest BCUT2D eigenvalue weighted by molar-refractivity contribution is 5.79. The first-order valence-electron chi connectivity index (χ1n) is 6.14. The summed E-state index contributed by atoms with van der Waals surface area (Å²) < 4.78 is 0. The van der Waals surface area contributed by atoms with Gasteiger partial charge in [0.1, 0.15) is 0 Å². The van der Waals surface area contributed by atoms with Crippen molar-refractivity contribution in [2.75, 3.05) is 0 Å². The van der Waals surface area contributed by atoms with Gasteiger partial charge in [-0.3, -0.25) is 4.79 Å². The standard InChI is InChI=1S/C14H17NO/c1-9-8-13(16)15-12-7-6-10-4-2-3-5-11(10)14(9)12/h2-4,9,12H,5-8H2,1H3,(H,15,16). The Labute approximate surface area is 96.1 Å². The molecule has 84 valence electrons. The molecule has 2 atom stereocenters. The number of carbonyl (C=O) groups is 1. The maximum absolute atomic E-state index is 11.5. The van der Waals surface area contributed by atoms with Crippen LogP contribution in [0.25, 0.3) is 0 Å². The number of hydrogen-bond donors (Lipinski definition) is 1. The molecule has 0 aromatic heterocycles. The van der Waals surface area contributed by atoms with Crippen LogP contribution < -0.4 is 5.32 Å². The molecule has 0 radical (unpaired) electrons. The molecular formula is C14H17NO. The third-order valence-electron chi connectivity index (χ3n) is 3.93. The third kappa shape index (κ3) is 1.44. The summed E-state index contributed by atoms with van der Waals surface area (Å²) in [6, 6.07) is 0.315. The molecule has 3 aliphatic rings. The van der Waals surface area contributed by atoms with Gasteiger partial charge in [-0.05, 0) is 41.9 Å². The molecule has 0 saturated carbocycles. The van der Waals surface area contributed by atoms with Crippen LogP contribution in [0.15, 0.2) is 34.9 Å². The molecule has 1 N–H and O–H groups in total. The van der Waals surface area contributed by atoms with E-state index in [1.54, 1.807) is 0 Å². The number of nitrogens with one attached hydrogen (secondary N) is 1. The Kier molecular flexibility index (Phi) is 2.23. The van der Waals surface area contributed by atoms with E-state index in [1.165, 1.54) is 16.7 Å². The Morgan fingerprint density at radius 2 is 2.31 bits per heavy atom. The quantitative estimate of drug-likeness (QED) is 0.661. The fourth-order valence-corrected chi connectivity index (χ4v) is 3.24. The van der Waals surface area contributed by atoms with Crippen LogP contribution in [-0.2, 0) is 4.79 Å². The van der Waals surface area contributed by atoms with Gasteiger partial charge >= 0.3 is 0 Å². The molecule has 0 spiro atoms. The predicted molar refractivity (Wildman–Crippen MR) is 63.8 cm³/mol. The Balaban J connectivity index is 2.05. The fourth-order valence-electron chi connectivity index (χ4n) is 3.24. The highest BCUT2D eigenvalue weighted by Crippen LogP contribution is 2.40. The molecule has 0 bridgehead atoms. The first kappa shape index (κ1) is 9.88. The Hall–Kier alpha value is -1.31. The maximum atomic E-state index is 11.5. The number of hydrogen-bond acceptors (Lipinski definition) is 1. The highest BCUT2D eigenvalue weighted by atomic mass is 16.1. The van der Waals surface area contributed by atoms with E-state index in [2.05, 4.69) is 30.5 Å². The van der Waals surface area contributed by atoms with Crippen LogP contribution in [0.1, 0.15) is 32.6 Å². The van der Waals surface area contributed by atoms with Gasteiger partial charge in [0, 0.05) is 6.42 Å². The van der Waals surface area contributed by atoms with Crippen LogP contribution in [0.2, 0.25) is 0 Å². The van der Waals surface area contributed by atoms with E-state index in [1.807, 2.05) is 0 Å². The maximum Gasteiger partial charge on any atom is 0.221 e. The van der Waals surface area contributed by atoms with Gasteiger partial charge < -0.3 is 5.32 Å². The molecule has 0 aromatic rings. The van der Waals surface area contributed by atoms with E-state index in [9.17, 15) is 4.79 Å². The van der Waals surface area contributed by atoms with Crippen LogP contribution >= 0.6 is 0 Å². The number of amides is 1. The zero-order valence-corrected chi connectivity index (χ0v) is 9.62. The summed E-state index contributed by atoms with van der Waals surface area (Å²) in [4.78, 5) is 11.5. The van der Waals surface area contributed by atoms with Gasteiger partial charge in [0.15, 0.2) is 0 Å². The van der Waals surface area contributed by atoms with Crippen LogP contribution in [-0.4, -0.2) is 11.9 Å². The van der Waals surface area contributed by atoms with Crippen molar-refractivity contribution < 1.29 is 4.79 Å². The molecular weight excluding hydrogens is 198 g/mol. The lowest BCUT2D eigenvalue weighted by molar-refractivity contribution is -0.123. The first-order valence-corrected chi connectivity index (χ1v) is 6.14. The third-order valence-corrected chi connectivity index (χ3v) is 3.93. The molecule has 16 heavy (non-hydrogen) atoms. The zero-order chi connectivity index (χ0) is 11.1. The van der Waals surface area contributed by atoms with E-state index in [0.29, 0.717) is 18.4 Å². The number of piperidine rings is 1. The van der Waals surface area contributed by atoms with Crippen molar-refractivity contribution in [3.05, 3.63) is 34.9 Å². The lowest BCUT2D eigenvalue weighted by Crippen LogP contribution is -2.45. The first-order chi connectivity index (χ1) is 7.75. The average Bonchev–Trinajstić information content (AvgIpc) is 2.28. The Morgan fingerprint density at radius 1 is 1.44 bits per heavy atom. The second kappa shape index (κ2) is 3.62. The molecule has 2 unspecified atom stereocenters. The minimum absolute atomic E-state index is 0.223. The Bertz CT molecular complexity index is 428. The second-order valence-electron chi connectivity index (χ2n) is 5.02. The van der Waals surface area contributed by atoms with Crippen molar-refractivity contribution in [2.45, 2.75) is 38.6 Å². The summed E-state index contributed by atoms with van der Waals surface area (Å²) in [6.07, 6.45) is 10.5. The highest BCUT2D eigenvalue weighted by Gasteiger charge is 2.34. The van der Waals surface area contributed by atoms with Gasteiger partial charge in [-0.15, -0.1) is 0 Å². The van der Waals surface area contributed by atoms with Crippen molar-refractivity contribution in [3.63, 3.8) is 0 Å². The summed E-state index contributed by atoms with van der Waals surface area (Å²) in [5, 5.41) is 3.13. The average molecular weight is 215 g/mol. The number of carbonyl (C=O) groups excluding carboxylic acids is 1. The van der Waals surface area contributed by atoms with Crippen LogP contribution in [0.5, 0.6) is 0 Å². The smallest absolute Gasteiger partial charge is 0.221 e. The monoisotopic (exact) mass is 215 g/mol. The summed E-state index contributed by atoms with van der Waals surface area (Å²) in [5.74, 6) is 0.643. The summed E-state index contributed by atoms with van der Waals surface area (Å²) in [7, 11) is 0. The number of rotatable bonds is 0. The molecule has 3 rings (SSSR count). The van der Waals surface area contributed by atoms with Crippen molar-refractivity contribution in [1.29, 1.82) is 0 Å². The predicted octanol–water partition coefficient (Wildman–Crippen LogP) is 2.49. The SMILES string of the molecule is CC1CC(=O)NC2CCC3=CC=CCC3=C12. The van der Waals surface area contributed by atoms with Gasteiger partial charge in [-0.1, -0.05) is 25.2 Å². The van der Waals surface area contributed by atoms with Crippen molar-refractivity contribution >= 4 is 5.91 Å². The Morgan fingerprint density at radius 3 is 3.19 bits per heavy atom. The molecule has 1 heterocycles. The summed E-state index contributed by atoms with van der Waals surface area (Å²) in [6.45, 7) is 2.19. The summed E-state index contributed by atoms with van der Waals surface area (Å²) in [5.41, 5.74) is 4.50. The fraction of sp³-hybridized carbons (Fsp3) is 0.500. The van der Waals surface area contributed by atoms with Gasteiger partial charge in [0.05, 0.1) is 6.04 Å². The van der Waals surface area contributed by atoms with Gasteiger partial charge in [-0.25, -0.2) is 0 Å². The molecule has 1 amide bonds. The molecule has 2 nitrogen and oxygen atoms in total. The van der Waals surface area contributed by atoms with Gasteiger partial charge in [-0.2, -0.15) is 0 Å². The molecule has 1 aliphatic heterocycles. The van der Waals surface area contributed by atoms with Crippen LogP contribution in [0.4, 0.5) is 0 Å². The van der Waals surface area contributed by atoms with Crippen molar-refractivity contribution in [3.8, 4) is 0 Å². The molecule has 1 saturated heterocycles. The van der Waals surface area contributed by atoms with Gasteiger partial charge in [0.2, 0.25) is 5.91 Å². The minimum Gasteiger partial charge on any atom is -0.350 e. The topological polar surface area (TPSA) is 29.1 Å². The number of fused-ring (bicyclic) bond motifs is 2. The summed E-state index contributed by atoms with van der Waals surface area (Å²) >= 11 is 0. The zero-order valence-electron chi connectivity index (χ0n) is 9.62. The lowest BCUT2D eigenvalue weighted by Gasteiger charge is -2.38. The van der Waals surface area contributed by atoms with Gasteiger partial charge in [0.25, 0.3) is 0 Å². The van der Waals surface area contributed by atoms with E-state index in [-0.39, 0.29) is 5.91 Å². The number of allylic oxidation sites excluding steroid dienone is 5. The van der Waals surface area contributed by atoms with E-state index in [0.717, 1.165) is 19.3 Å². The van der Waals surface area contributed by atoms with E-state index in [4.69, 9.17) is 0 Å². The molecule has 0 aromatic carbocycles. The second-order valence-corrected chi connectivity index (χ2v) is 5.02. The van der Waals surface area contributed by atoms with Crippen LogP contribution in [0, 0.1) is 5.92 Å². The molecule has 2 heteroatoms. The molecule has 2 aliphatic carbocycles. The minimum atomic E-state index is 0.223. The molecule has 1 fully saturated rings. The normalized spacial score (nSPS) is 32.8.